The van der Waals surface area contributed by atoms with Gasteiger partial charge in [0.25, 0.3) is 0 Å². The van der Waals surface area contributed by atoms with Crippen molar-refractivity contribution in [3.63, 3.8) is 0 Å². The number of amides is 3. The van der Waals surface area contributed by atoms with Crippen LogP contribution in [-0.2, 0) is 54.1 Å². The molecule has 0 bridgehead atoms. The summed E-state index contributed by atoms with van der Waals surface area (Å²) in [5, 5.41) is 5.51. The molecule has 0 spiro atoms. The molecule has 3 rings (SSSR count). The van der Waals surface area contributed by atoms with E-state index in [1.54, 1.807) is 25.2 Å². The van der Waals surface area contributed by atoms with Gasteiger partial charge in [-0.05, 0) is 96.6 Å². The van der Waals surface area contributed by atoms with Crippen molar-refractivity contribution < 1.29 is 57.2 Å². The van der Waals surface area contributed by atoms with E-state index in [9.17, 15) is 28.8 Å². The summed E-state index contributed by atoms with van der Waals surface area (Å²) in [6.45, 7) is 31.2. The Morgan fingerprint density at radius 2 is 1.12 bits per heavy atom. The number of aryl methyl sites for hydroxylation is 3. The van der Waals surface area contributed by atoms with Crippen LogP contribution in [0, 0.1) is 26.7 Å². The molecule has 0 aromatic heterocycles. The molecule has 0 radical (unpaired) electrons. The van der Waals surface area contributed by atoms with Gasteiger partial charge in [-0.15, -0.1) is 0 Å². The second kappa shape index (κ2) is 51.4. The van der Waals surface area contributed by atoms with Gasteiger partial charge in [0.15, 0.2) is 11.6 Å². The molecule has 422 valence electrons. The summed E-state index contributed by atoms with van der Waals surface area (Å²) >= 11 is 0. The first-order valence-corrected chi connectivity index (χ1v) is 25.9. The second-order valence-electron chi connectivity index (χ2n) is 15.7. The van der Waals surface area contributed by atoms with Crippen LogP contribution in [0.2, 0.25) is 0 Å². The number of aliphatic imine (C=N–C) groups is 1. The SMILES string of the molecule is C/C=C(\C(C)=NC)c1cc(CCNC(=O)COCCOCCOCCOCCOCC(=O)Nc2cccc(C(C)=O)c2C(C)=O)ccc1C.CC.CC.CC.CC(=O)CCC(C)C=O.Cc1ccc(C)cc1.NC=O. The number of rotatable bonds is 28. The topological polar surface area (TPSA) is 228 Å². The van der Waals surface area contributed by atoms with Gasteiger partial charge in [-0.3, -0.25) is 29.0 Å². The van der Waals surface area contributed by atoms with E-state index in [2.05, 4.69) is 90.7 Å². The number of anilines is 1. The highest BCUT2D eigenvalue weighted by atomic mass is 16.6. The fourth-order valence-electron chi connectivity index (χ4n) is 5.95. The first-order valence-electron chi connectivity index (χ1n) is 25.9. The number of primary amides is 1. The number of carbonyl (C=O) groups is 7. The van der Waals surface area contributed by atoms with E-state index in [4.69, 9.17) is 28.5 Å². The van der Waals surface area contributed by atoms with Crippen molar-refractivity contribution in [2.75, 3.05) is 85.0 Å². The summed E-state index contributed by atoms with van der Waals surface area (Å²) in [5.74, 6) is -0.996. The van der Waals surface area contributed by atoms with E-state index >= 15 is 0 Å². The minimum atomic E-state index is -0.444. The van der Waals surface area contributed by atoms with Crippen LogP contribution in [0.15, 0.2) is 71.7 Å². The van der Waals surface area contributed by atoms with Gasteiger partial charge in [0, 0.05) is 37.2 Å². The zero-order chi connectivity index (χ0) is 58.0. The van der Waals surface area contributed by atoms with Crippen molar-refractivity contribution in [3.8, 4) is 0 Å². The monoisotopic (exact) mass is 1050 g/mol. The zero-order valence-corrected chi connectivity index (χ0v) is 48.4. The number of allylic oxidation sites excluding steroid dienone is 2. The van der Waals surface area contributed by atoms with E-state index in [0.717, 1.165) is 28.7 Å². The molecule has 16 nitrogen and oxygen atoms in total. The molecule has 1 atom stereocenters. The number of Topliss-reactive ketones (excluding diaryl/α,β-unsaturated/α-hetero) is 3. The molecule has 1 unspecified atom stereocenters. The Morgan fingerprint density at radius 3 is 1.53 bits per heavy atom. The van der Waals surface area contributed by atoms with Crippen molar-refractivity contribution in [2.24, 2.45) is 16.6 Å². The molecule has 0 aliphatic rings. The average Bonchev–Trinajstić information content (AvgIpc) is 3.40. The van der Waals surface area contributed by atoms with Crippen molar-refractivity contribution in [2.45, 2.75) is 123 Å². The Balaban J connectivity index is -0.000000793. The van der Waals surface area contributed by atoms with Crippen LogP contribution < -0.4 is 16.4 Å². The maximum absolute atomic E-state index is 12.2. The molecule has 0 heterocycles. The lowest BCUT2D eigenvalue weighted by Gasteiger charge is -2.13. The minimum Gasteiger partial charge on any atom is -0.377 e. The van der Waals surface area contributed by atoms with Crippen LogP contribution in [0.25, 0.3) is 5.57 Å². The third-order valence-corrected chi connectivity index (χ3v) is 9.77. The molecule has 4 N–H and O–H groups in total. The summed E-state index contributed by atoms with van der Waals surface area (Å²) < 4.78 is 27.1. The third kappa shape index (κ3) is 40.0. The molecular formula is C59H94N4O12. The molecular weight excluding hydrogens is 957 g/mol. The van der Waals surface area contributed by atoms with Crippen molar-refractivity contribution in [1.29, 1.82) is 0 Å². The van der Waals surface area contributed by atoms with Crippen LogP contribution in [0.1, 0.15) is 144 Å². The van der Waals surface area contributed by atoms with E-state index in [1.165, 1.54) is 37.5 Å². The number of nitrogens with one attached hydrogen (secondary N) is 2. The van der Waals surface area contributed by atoms with Crippen molar-refractivity contribution >= 4 is 58.8 Å². The maximum Gasteiger partial charge on any atom is 0.250 e. The van der Waals surface area contributed by atoms with Crippen molar-refractivity contribution in [1.82, 2.24) is 5.32 Å². The van der Waals surface area contributed by atoms with Gasteiger partial charge in [0.1, 0.15) is 25.3 Å². The number of hydrogen-bond acceptors (Lipinski definition) is 13. The number of hydrogen-bond donors (Lipinski definition) is 3. The second-order valence-corrected chi connectivity index (χ2v) is 15.7. The number of aldehydes is 1. The fraction of sp³-hybridized carbons (Fsp3) is 0.525. The normalized spacial score (nSPS) is 10.6. The van der Waals surface area contributed by atoms with Gasteiger partial charge < -0.3 is 49.6 Å². The molecule has 0 saturated carbocycles. The van der Waals surface area contributed by atoms with Crippen LogP contribution in [-0.4, -0.2) is 127 Å². The first-order chi connectivity index (χ1) is 35.9. The lowest BCUT2D eigenvalue weighted by Crippen LogP contribution is -2.30. The quantitative estimate of drug-likeness (QED) is 0.0267. The highest BCUT2D eigenvalue weighted by Crippen LogP contribution is 2.23. The summed E-state index contributed by atoms with van der Waals surface area (Å²) in [6, 6.07) is 19.5. The molecule has 16 heteroatoms. The Labute approximate surface area is 450 Å². The van der Waals surface area contributed by atoms with Gasteiger partial charge in [-0.25, -0.2) is 0 Å². The average molecular weight is 1050 g/mol. The standard InChI is InChI=1S/C37H51N3O9.C8H10.C7H12O2.3C2H6.CH3NO/c1-7-31(27(3)38-6)33-23-30(12-11-26(33)2)13-14-39-35(43)24-48-21-19-46-17-15-45-16-18-47-20-22-49-25-36(44)40-34-10-8-9-32(28(4)41)37(34)29(5)42;1-7-3-5-8(2)6-4-7;1-6(5-8)3-4-7(2)9;3*1-2;2-1-3/h7-12,23H,13-22,24-25H2,1-6H3,(H,39,43)(H,40,44);3-6H,1-2H3;5-6H,3-4H2,1-2H3;3*1-2H3;1H,(H2,2,3)/b31-7+,38-27?;;;;;;. The van der Waals surface area contributed by atoms with Gasteiger partial charge in [0.05, 0.1) is 64.1 Å². The molecule has 0 aliphatic heterocycles. The zero-order valence-electron chi connectivity index (χ0n) is 48.4. The van der Waals surface area contributed by atoms with Gasteiger partial charge >= 0.3 is 0 Å². The fourth-order valence-corrected chi connectivity index (χ4v) is 5.95. The van der Waals surface area contributed by atoms with Crippen LogP contribution in [0.3, 0.4) is 0 Å². The van der Waals surface area contributed by atoms with Crippen LogP contribution in [0.4, 0.5) is 5.69 Å². The number of benzene rings is 3. The number of carbonyl (C=O) groups excluding carboxylic acids is 7. The first kappa shape index (κ1) is 75.5. The number of nitrogens with zero attached hydrogens (tertiary/aromatic N) is 1. The maximum atomic E-state index is 12.2. The molecule has 0 fully saturated rings. The molecule has 0 saturated heterocycles. The number of ether oxygens (including phenoxy) is 5. The number of nitrogens with two attached hydrogens (primary N) is 1. The highest BCUT2D eigenvalue weighted by Gasteiger charge is 2.17. The molecule has 75 heavy (non-hydrogen) atoms. The third-order valence-electron chi connectivity index (χ3n) is 9.77. The Morgan fingerprint density at radius 1 is 0.653 bits per heavy atom. The Kier molecular flexibility index (Phi) is 51.8. The highest BCUT2D eigenvalue weighted by molar-refractivity contribution is 6.23. The predicted octanol–water partition coefficient (Wildman–Crippen LogP) is 9.95. The largest absolute Gasteiger partial charge is 0.377 e. The van der Waals surface area contributed by atoms with Crippen LogP contribution >= 0.6 is 0 Å². The van der Waals surface area contributed by atoms with Crippen molar-refractivity contribution in [3.05, 3.63) is 106 Å². The molecule has 3 amide bonds. The van der Waals surface area contributed by atoms with E-state index in [1.807, 2.05) is 62.3 Å². The lowest BCUT2D eigenvalue weighted by atomic mass is 9.94. The minimum absolute atomic E-state index is 0.0323. The summed E-state index contributed by atoms with van der Waals surface area (Å²) in [7, 11) is 1.79. The smallest absolute Gasteiger partial charge is 0.250 e. The van der Waals surface area contributed by atoms with E-state index < -0.39 is 5.91 Å². The summed E-state index contributed by atoms with van der Waals surface area (Å²) in [4.78, 5) is 81.4. The summed E-state index contributed by atoms with van der Waals surface area (Å²) in [5.41, 5.74) is 13.1. The Hall–Kier alpha value is -6.04. The molecule has 3 aromatic rings. The van der Waals surface area contributed by atoms with Gasteiger partial charge in [-0.1, -0.05) is 120 Å². The Bertz CT molecular complexity index is 2060. The lowest BCUT2D eigenvalue weighted by molar-refractivity contribution is -0.126. The molecule has 0 aliphatic carbocycles. The molecule has 3 aromatic carbocycles. The van der Waals surface area contributed by atoms with Gasteiger partial charge in [0.2, 0.25) is 18.2 Å². The predicted molar refractivity (Wildman–Crippen MR) is 305 cm³/mol. The summed E-state index contributed by atoms with van der Waals surface area (Å²) in [6.07, 6.45) is 5.13. The van der Waals surface area contributed by atoms with Gasteiger partial charge in [-0.2, -0.15) is 0 Å². The van der Waals surface area contributed by atoms with E-state index in [0.29, 0.717) is 65.4 Å². The van der Waals surface area contributed by atoms with E-state index in [-0.39, 0.29) is 78.8 Å². The van der Waals surface area contributed by atoms with Crippen LogP contribution in [0.5, 0.6) is 0 Å². The number of ketones is 3.